The summed E-state index contributed by atoms with van der Waals surface area (Å²) in [5.74, 6) is -1.43. The number of hydrogen-bond donors (Lipinski definition) is 3. The predicted molar refractivity (Wildman–Crippen MR) is 141 cm³/mol. The van der Waals surface area contributed by atoms with Crippen molar-refractivity contribution in [1.82, 2.24) is 30.0 Å². The van der Waals surface area contributed by atoms with Crippen molar-refractivity contribution in [3.05, 3.63) is 59.4 Å². The minimum absolute atomic E-state index is 0.0284. The third-order valence-corrected chi connectivity index (χ3v) is 7.34. The van der Waals surface area contributed by atoms with Crippen LogP contribution in [0, 0.1) is 0 Å². The number of rotatable bonds is 5. The number of imidazole rings is 1. The number of likely N-dealkylation sites (tertiary alicyclic amines) is 1. The van der Waals surface area contributed by atoms with Gasteiger partial charge in [-0.1, -0.05) is 24.3 Å². The first-order valence-corrected chi connectivity index (χ1v) is 13.0. The maximum atomic E-state index is 13.2. The first-order chi connectivity index (χ1) is 19.0. The molecule has 0 bridgehead atoms. The highest BCUT2D eigenvalue weighted by Crippen LogP contribution is 2.29. The Labute approximate surface area is 228 Å². The summed E-state index contributed by atoms with van der Waals surface area (Å²) >= 11 is 0. The molecule has 3 N–H and O–H groups in total. The van der Waals surface area contributed by atoms with Crippen LogP contribution in [0.4, 0.5) is 28.4 Å². The molecule has 0 unspecified atom stereocenters. The maximum absolute atomic E-state index is 13.2. The minimum Gasteiger partial charge on any atom is -0.347 e. The molecule has 1 fully saturated rings. The highest BCUT2D eigenvalue weighted by Gasteiger charge is 2.35. The SMILES string of the molecule is CN(C)C(=O)[C@@H](Cc1ccc2nc(C(F)(F)F)[nH]c2c1)NC(=O)N1CCC(N2Cc3ccccc3NC2=O)CC1. The molecule has 3 heterocycles. The van der Waals surface area contributed by atoms with Gasteiger partial charge in [-0.15, -0.1) is 0 Å². The summed E-state index contributed by atoms with van der Waals surface area (Å²) in [5, 5.41) is 5.73. The smallest absolute Gasteiger partial charge is 0.347 e. The molecular weight excluding hydrogens is 527 g/mol. The number of benzene rings is 2. The molecule has 212 valence electrons. The number of para-hydroxylation sites is 1. The Kier molecular flexibility index (Phi) is 7.30. The summed E-state index contributed by atoms with van der Waals surface area (Å²) in [7, 11) is 3.14. The Morgan fingerprint density at radius 1 is 1.15 bits per heavy atom. The Morgan fingerprint density at radius 3 is 2.58 bits per heavy atom. The molecule has 13 heteroatoms. The van der Waals surface area contributed by atoms with Crippen LogP contribution in [-0.2, 0) is 23.9 Å². The lowest BCUT2D eigenvalue weighted by atomic mass is 10.0. The van der Waals surface area contributed by atoms with Crippen molar-refractivity contribution >= 4 is 34.7 Å². The standard InChI is InChI=1S/C27H30F3N7O3/c1-35(2)23(38)22(14-16-7-8-20-21(13-16)32-24(31-20)27(28,29)30)34-25(39)36-11-9-18(10-12-36)37-15-17-5-3-4-6-19(17)33-26(37)40/h3-8,13,18,22H,9-12,14-15H2,1-2H3,(H,31,32)(H,33,40)(H,34,39)/t22-/m1/s1. The fraction of sp³-hybridized carbons (Fsp3) is 0.407. The molecule has 10 nitrogen and oxygen atoms in total. The van der Waals surface area contributed by atoms with Gasteiger partial charge < -0.3 is 30.3 Å². The lowest BCUT2D eigenvalue weighted by Crippen LogP contribution is -2.55. The highest BCUT2D eigenvalue weighted by molar-refractivity contribution is 5.92. The van der Waals surface area contributed by atoms with Crippen LogP contribution in [0.2, 0.25) is 0 Å². The van der Waals surface area contributed by atoms with Crippen molar-refractivity contribution in [1.29, 1.82) is 0 Å². The maximum Gasteiger partial charge on any atom is 0.449 e. The molecular formula is C27H30F3N7O3. The van der Waals surface area contributed by atoms with E-state index < -0.39 is 24.1 Å². The summed E-state index contributed by atoms with van der Waals surface area (Å²) in [6.45, 7) is 1.32. The minimum atomic E-state index is -4.60. The second-order valence-electron chi connectivity index (χ2n) is 10.3. The van der Waals surface area contributed by atoms with Gasteiger partial charge >= 0.3 is 18.2 Å². The van der Waals surface area contributed by atoms with Crippen molar-refractivity contribution in [3.8, 4) is 0 Å². The average Bonchev–Trinajstić information content (AvgIpc) is 3.36. The summed E-state index contributed by atoms with van der Waals surface area (Å²) < 4.78 is 39.1. The quantitative estimate of drug-likeness (QED) is 0.443. The lowest BCUT2D eigenvalue weighted by molar-refractivity contribution is -0.144. The predicted octanol–water partition coefficient (Wildman–Crippen LogP) is 3.80. The van der Waals surface area contributed by atoms with Gasteiger partial charge in [0.15, 0.2) is 0 Å². The number of amides is 5. The molecule has 40 heavy (non-hydrogen) atoms. The van der Waals surface area contributed by atoms with Crippen LogP contribution in [0.25, 0.3) is 11.0 Å². The van der Waals surface area contributed by atoms with Crippen LogP contribution in [0.5, 0.6) is 0 Å². The van der Waals surface area contributed by atoms with Crippen LogP contribution in [-0.4, -0.2) is 81.9 Å². The molecule has 1 atom stereocenters. The first kappa shape index (κ1) is 27.3. The summed E-state index contributed by atoms with van der Waals surface area (Å²) in [6, 6.07) is 10.7. The van der Waals surface area contributed by atoms with Gasteiger partial charge in [0.05, 0.1) is 11.0 Å². The number of piperidine rings is 1. The van der Waals surface area contributed by atoms with Crippen LogP contribution < -0.4 is 10.6 Å². The number of alkyl halides is 3. The second-order valence-corrected chi connectivity index (χ2v) is 10.3. The number of aromatic nitrogens is 2. The third kappa shape index (κ3) is 5.68. The van der Waals surface area contributed by atoms with Gasteiger partial charge in [-0.2, -0.15) is 13.2 Å². The van der Waals surface area contributed by atoms with Gasteiger partial charge in [0, 0.05) is 51.9 Å². The Balaban J connectivity index is 1.23. The van der Waals surface area contributed by atoms with E-state index in [1.807, 2.05) is 24.3 Å². The average molecular weight is 558 g/mol. The van der Waals surface area contributed by atoms with Crippen molar-refractivity contribution in [2.24, 2.45) is 0 Å². The molecule has 3 aromatic rings. The summed E-state index contributed by atoms with van der Waals surface area (Å²) in [6.07, 6.45) is -3.34. The number of nitrogens with one attached hydrogen (secondary N) is 3. The number of carbonyl (C=O) groups excluding carboxylic acids is 3. The van der Waals surface area contributed by atoms with Crippen molar-refractivity contribution in [3.63, 3.8) is 0 Å². The number of urea groups is 2. The highest BCUT2D eigenvalue weighted by atomic mass is 19.4. The van der Waals surface area contributed by atoms with E-state index in [9.17, 15) is 27.6 Å². The van der Waals surface area contributed by atoms with E-state index in [-0.39, 0.29) is 35.4 Å². The molecule has 0 spiro atoms. The molecule has 1 aromatic heterocycles. The van der Waals surface area contributed by atoms with Crippen molar-refractivity contribution in [2.45, 2.75) is 44.1 Å². The summed E-state index contributed by atoms with van der Waals surface area (Å²) in [5.41, 5.74) is 2.77. The number of aromatic amines is 1. The zero-order valence-electron chi connectivity index (χ0n) is 22.1. The van der Waals surface area contributed by atoms with Gasteiger partial charge in [-0.25, -0.2) is 14.6 Å². The third-order valence-electron chi connectivity index (χ3n) is 7.34. The summed E-state index contributed by atoms with van der Waals surface area (Å²) in [4.78, 5) is 49.4. The van der Waals surface area contributed by atoms with E-state index in [1.54, 1.807) is 30.0 Å². The van der Waals surface area contributed by atoms with Gasteiger partial charge in [0.2, 0.25) is 11.7 Å². The molecule has 2 aliphatic rings. The number of nitrogens with zero attached hydrogens (tertiary/aromatic N) is 4. The largest absolute Gasteiger partial charge is 0.449 e. The zero-order valence-corrected chi connectivity index (χ0v) is 22.1. The molecule has 5 rings (SSSR count). The zero-order chi connectivity index (χ0) is 28.6. The Hall–Kier alpha value is -4.29. The second kappa shape index (κ2) is 10.7. The number of halogens is 3. The van der Waals surface area contributed by atoms with Crippen LogP contribution in [0.15, 0.2) is 42.5 Å². The lowest BCUT2D eigenvalue weighted by Gasteiger charge is -2.40. The fourth-order valence-electron chi connectivity index (χ4n) is 5.20. The molecule has 0 saturated carbocycles. The van der Waals surface area contributed by atoms with E-state index in [4.69, 9.17) is 0 Å². The van der Waals surface area contributed by atoms with E-state index >= 15 is 0 Å². The number of fused-ring (bicyclic) bond motifs is 2. The number of hydrogen-bond acceptors (Lipinski definition) is 4. The normalized spacial score (nSPS) is 16.9. The number of carbonyl (C=O) groups is 3. The topological polar surface area (TPSA) is 114 Å². The molecule has 1 saturated heterocycles. The van der Waals surface area contributed by atoms with Gasteiger partial charge in [0.1, 0.15) is 6.04 Å². The van der Waals surface area contributed by atoms with Crippen molar-refractivity contribution in [2.75, 3.05) is 32.5 Å². The molecule has 2 aromatic carbocycles. The van der Waals surface area contributed by atoms with E-state index in [0.717, 1.165) is 11.3 Å². The van der Waals surface area contributed by atoms with E-state index in [2.05, 4.69) is 20.6 Å². The Morgan fingerprint density at radius 2 is 1.88 bits per heavy atom. The number of likely N-dealkylation sites (N-methyl/N-ethyl adjacent to an activating group) is 1. The van der Waals surface area contributed by atoms with Crippen LogP contribution in [0.1, 0.15) is 29.8 Å². The number of H-pyrrole nitrogens is 1. The molecule has 2 aliphatic heterocycles. The molecule has 5 amide bonds. The van der Waals surface area contributed by atoms with Crippen molar-refractivity contribution < 1.29 is 27.6 Å². The van der Waals surface area contributed by atoms with E-state index in [1.165, 1.54) is 17.0 Å². The van der Waals surface area contributed by atoms with E-state index in [0.29, 0.717) is 38.0 Å². The Bertz CT molecular complexity index is 1430. The number of anilines is 1. The van der Waals surface area contributed by atoms with Gasteiger partial charge in [0.25, 0.3) is 0 Å². The van der Waals surface area contributed by atoms with Crippen LogP contribution >= 0.6 is 0 Å². The molecule has 0 radical (unpaired) electrons. The first-order valence-electron chi connectivity index (χ1n) is 13.0. The van der Waals surface area contributed by atoms with Crippen LogP contribution in [0.3, 0.4) is 0 Å². The van der Waals surface area contributed by atoms with Gasteiger partial charge in [-0.3, -0.25) is 4.79 Å². The fourth-order valence-corrected chi connectivity index (χ4v) is 5.20. The van der Waals surface area contributed by atoms with Gasteiger partial charge in [-0.05, 0) is 42.2 Å². The monoisotopic (exact) mass is 557 g/mol. The molecule has 0 aliphatic carbocycles.